The molecule has 0 saturated heterocycles. The Hall–Kier alpha value is -3.63. The highest BCUT2D eigenvalue weighted by atomic mass is 32.2. The van der Waals surface area contributed by atoms with Gasteiger partial charge in [0.1, 0.15) is 16.3 Å². The van der Waals surface area contributed by atoms with E-state index in [1.54, 1.807) is 18.2 Å². The number of nitrogens with two attached hydrogens (primary N) is 2. The summed E-state index contributed by atoms with van der Waals surface area (Å²) in [6.45, 7) is 5.67. The van der Waals surface area contributed by atoms with E-state index in [0.29, 0.717) is 11.4 Å². The minimum absolute atomic E-state index is 0.0130. The number of nitrogens with zero attached hydrogens (tertiary/aromatic N) is 4. The highest BCUT2D eigenvalue weighted by molar-refractivity contribution is 7.86. The molecule has 10 heteroatoms. The Balaban J connectivity index is 2.15. The molecule has 0 aromatic heterocycles. The molecule has 160 valence electrons. The molecule has 5 N–H and O–H groups in total. The summed E-state index contributed by atoms with van der Waals surface area (Å²) in [4.78, 5) is -0.574. The Bertz CT molecular complexity index is 1320. The Morgan fingerprint density at radius 3 is 2.13 bits per heavy atom. The molecule has 0 radical (unpaired) electrons. The quantitative estimate of drug-likeness (QED) is 0.258. The third-order valence-electron chi connectivity index (χ3n) is 4.49. The van der Waals surface area contributed by atoms with E-state index < -0.39 is 15.0 Å². The van der Waals surface area contributed by atoms with Crippen molar-refractivity contribution in [2.45, 2.75) is 25.7 Å². The minimum atomic E-state index is -4.67. The zero-order valence-electron chi connectivity index (χ0n) is 17.2. The first kappa shape index (κ1) is 22.1. The van der Waals surface area contributed by atoms with Crippen molar-refractivity contribution in [2.24, 2.45) is 20.5 Å². The Labute approximate surface area is 180 Å². The fourth-order valence-corrected chi connectivity index (χ4v) is 3.43. The van der Waals surface area contributed by atoms with Crippen LogP contribution in [0, 0.1) is 20.8 Å². The molecule has 3 aromatic carbocycles. The van der Waals surface area contributed by atoms with Crippen molar-refractivity contribution in [1.82, 2.24) is 0 Å². The summed E-state index contributed by atoms with van der Waals surface area (Å²) in [7, 11) is -4.67. The van der Waals surface area contributed by atoms with Crippen molar-refractivity contribution in [3.05, 3.63) is 65.2 Å². The van der Waals surface area contributed by atoms with Gasteiger partial charge in [0.2, 0.25) is 0 Å². The lowest BCUT2D eigenvalue weighted by Gasteiger charge is -2.10. The number of anilines is 2. The summed E-state index contributed by atoms with van der Waals surface area (Å²) in [5, 5.41) is 16.4. The van der Waals surface area contributed by atoms with Gasteiger partial charge in [-0.15, -0.1) is 10.2 Å². The van der Waals surface area contributed by atoms with E-state index in [-0.39, 0.29) is 22.7 Å². The predicted molar refractivity (Wildman–Crippen MR) is 121 cm³/mol. The average molecular weight is 439 g/mol. The number of benzene rings is 3. The van der Waals surface area contributed by atoms with Crippen LogP contribution in [0.4, 0.5) is 34.1 Å². The molecule has 0 saturated carbocycles. The second-order valence-corrected chi connectivity index (χ2v) is 8.46. The summed E-state index contributed by atoms with van der Waals surface area (Å²) in [6.07, 6.45) is 0. The molecule has 0 aliphatic rings. The lowest BCUT2D eigenvalue weighted by atomic mass is 10.1. The van der Waals surface area contributed by atoms with Crippen LogP contribution < -0.4 is 11.5 Å². The van der Waals surface area contributed by atoms with Crippen molar-refractivity contribution in [2.75, 3.05) is 11.5 Å². The molecule has 0 aliphatic heterocycles. The maximum atomic E-state index is 11.9. The first-order valence-corrected chi connectivity index (χ1v) is 10.7. The molecule has 9 nitrogen and oxygen atoms in total. The smallest absolute Gasteiger partial charge is 0.296 e. The maximum Gasteiger partial charge on any atom is 0.296 e. The fourth-order valence-electron chi connectivity index (χ4n) is 2.80. The van der Waals surface area contributed by atoms with Gasteiger partial charge in [-0.05, 0) is 61.7 Å². The zero-order valence-corrected chi connectivity index (χ0v) is 18.1. The van der Waals surface area contributed by atoms with Crippen LogP contribution in [0.1, 0.15) is 16.7 Å². The Morgan fingerprint density at radius 1 is 0.774 bits per heavy atom. The van der Waals surface area contributed by atoms with Crippen LogP contribution in [-0.2, 0) is 10.1 Å². The third-order valence-corrected chi connectivity index (χ3v) is 5.39. The molecule has 0 aliphatic carbocycles. The number of aryl methyl sites for hydroxylation is 3. The highest BCUT2D eigenvalue weighted by Crippen LogP contribution is 2.43. The topological polar surface area (TPSA) is 156 Å². The van der Waals surface area contributed by atoms with Crippen LogP contribution in [0.5, 0.6) is 0 Å². The maximum absolute atomic E-state index is 11.9. The van der Waals surface area contributed by atoms with Crippen molar-refractivity contribution in [3.63, 3.8) is 0 Å². The molecule has 3 rings (SSSR count). The molecule has 0 heterocycles. The normalized spacial score (nSPS) is 12.1. The van der Waals surface area contributed by atoms with Crippen molar-refractivity contribution in [3.8, 4) is 0 Å². The van der Waals surface area contributed by atoms with Gasteiger partial charge in [-0.2, -0.15) is 18.6 Å². The van der Waals surface area contributed by atoms with Gasteiger partial charge in [0.15, 0.2) is 0 Å². The van der Waals surface area contributed by atoms with Crippen LogP contribution in [-0.4, -0.2) is 13.0 Å². The summed E-state index contributed by atoms with van der Waals surface area (Å²) in [5.74, 6) is 0. The number of hydrogen-bond donors (Lipinski definition) is 3. The minimum Gasteiger partial charge on any atom is -0.396 e. The van der Waals surface area contributed by atoms with Crippen LogP contribution in [0.2, 0.25) is 0 Å². The van der Waals surface area contributed by atoms with E-state index in [2.05, 4.69) is 20.5 Å². The summed E-state index contributed by atoms with van der Waals surface area (Å²) >= 11 is 0. The molecule has 0 spiro atoms. The molecule has 0 amide bonds. The van der Waals surface area contributed by atoms with Gasteiger partial charge in [0.05, 0.1) is 22.7 Å². The number of azo groups is 2. The predicted octanol–water partition coefficient (Wildman–Crippen LogP) is 5.85. The Morgan fingerprint density at radius 2 is 1.45 bits per heavy atom. The summed E-state index contributed by atoms with van der Waals surface area (Å²) in [6, 6.07) is 13.9. The van der Waals surface area contributed by atoms with E-state index in [1.165, 1.54) is 0 Å². The molecule has 3 aromatic rings. The van der Waals surface area contributed by atoms with Gasteiger partial charge in [-0.1, -0.05) is 24.3 Å². The summed E-state index contributed by atoms with van der Waals surface area (Å²) < 4.78 is 33.3. The zero-order chi connectivity index (χ0) is 22.8. The monoisotopic (exact) mass is 438 g/mol. The molecule has 0 unspecified atom stereocenters. The molecular formula is C21H22N6O3S. The van der Waals surface area contributed by atoms with Crippen LogP contribution >= 0.6 is 0 Å². The van der Waals surface area contributed by atoms with Gasteiger partial charge < -0.3 is 11.5 Å². The van der Waals surface area contributed by atoms with Crippen molar-refractivity contribution < 1.29 is 13.0 Å². The van der Waals surface area contributed by atoms with Crippen molar-refractivity contribution in [1.29, 1.82) is 0 Å². The fraction of sp³-hybridized carbons (Fsp3) is 0.143. The first-order valence-electron chi connectivity index (χ1n) is 9.23. The lowest BCUT2D eigenvalue weighted by Crippen LogP contribution is -2.05. The van der Waals surface area contributed by atoms with E-state index in [1.807, 2.05) is 45.0 Å². The molecule has 0 bridgehead atoms. The number of hydrogen-bond acceptors (Lipinski definition) is 8. The SMILES string of the molecule is Cc1cccc(N=Nc2c(N)c(N=Nc3cc(C)ccc3C)cc(S(=O)(=O)O)c2N)c1. The second-order valence-electron chi connectivity index (χ2n) is 7.07. The van der Waals surface area contributed by atoms with E-state index >= 15 is 0 Å². The molecule has 0 atom stereocenters. The van der Waals surface area contributed by atoms with Crippen LogP contribution in [0.3, 0.4) is 0 Å². The van der Waals surface area contributed by atoms with E-state index in [9.17, 15) is 13.0 Å². The van der Waals surface area contributed by atoms with Gasteiger partial charge in [-0.3, -0.25) is 4.55 Å². The molecule has 31 heavy (non-hydrogen) atoms. The van der Waals surface area contributed by atoms with Gasteiger partial charge in [0, 0.05) is 0 Å². The van der Waals surface area contributed by atoms with Gasteiger partial charge in [0.25, 0.3) is 10.1 Å². The highest BCUT2D eigenvalue weighted by Gasteiger charge is 2.22. The van der Waals surface area contributed by atoms with Gasteiger partial charge >= 0.3 is 0 Å². The number of rotatable bonds is 5. The third kappa shape index (κ3) is 5.11. The first-order chi connectivity index (χ1) is 14.6. The second kappa shape index (κ2) is 8.62. The van der Waals surface area contributed by atoms with E-state index in [0.717, 1.165) is 22.8 Å². The summed E-state index contributed by atoms with van der Waals surface area (Å²) in [5.41, 5.74) is 15.5. The average Bonchev–Trinajstić information content (AvgIpc) is 2.68. The number of nitrogen functional groups attached to an aromatic ring is 2. The van der Waals surface area contributed by atoms with Crippen LogP contribution in [0.25, 0.3) is 0 Å². The standard InChI is InChI=1S/C21H22N6O3S/c1-12-5-4-6-15(9-12)24-27-21-19(22)17(11-18(20(21)23)31(28,29)30)26-25-16-10-13(2)7-8-14(16)3/h4-11H,22-23H2,1-3H3,(H,28,29,30). The van der Waals surface area contributed by atoms with E-state index in [4.69, 9.17) is 11.5 Å². The Kier molecular flexibility index (Phi) is 6.14. The molecule has 0 fully saturated rings. The van der Waals surface area contributed by atoms with Gasteiger partial charge in [-0.25, -0.2) is 0 Å². The lowest BCUT2D eigenvalue weighted by molar-refractivity contribution is 0.483. The molecular weight excluding hydrogens is 416 g/mol. The van der Waals surface area contributed by atoms with Crippen LogP contribution in [0.15, 0.2) is 73.9 Å². The van der Waals surface area contributed by atoms with Crippen molar-refractivity contribution >= 4 is 44.2 Å². The largest absolute Gasteiger partial charge is 0.396 e.